The maximum absolute atomic E-state index is 11.9. The Bertz CT molecular complexity index is 2990. The summed E-state index contributed by atoms with van der Waals surface area (Å²) in [5.74, 6) is -1.14. The summed E-state index contributed by atoms with van der Waals surface area (Å²) in [6, 6.07) is 28.1. The van der Waals surface area contributed by atoms with Crippen LogP contribution in [-0.2, 0) is 97.3 Å². The number of hydrogen-bond donors (Lipinski definition) is 5. The Kier molecular flexibility index (Phi) is 46.8. The van der Waals surface area contributed by atoms with Crippen LogP contribution in [0.1, 0.15) is 159 Å². The third kappa shape index (κ3) is 46.3. The van der Waals surface area contributed by atoms with Gasteiger partial charge in [0.2, 0.25) is 29.5 Å². The van der Waals surface area contributed by atoms with E-state index in [1.165, 1.54) is 0 Å². The van der Waals surface area contributed by atoms with Crippen molar-refractivity contribution >= 4 is 94.2 Å². The molecule has 0 aliphatic rings. The van der Waals surface area contributed by atoms with Crippen molar-refractivity contribution in [1.82, 2.24) is 26.6 Å². The molecule has 0 aliphatic heterocycles. The molecule has 0 fully saturated rings. The van der Waals surface area contributed by atoms with Crippen molar-refractivity contribution in [2.75, 3.05) is 33.0 Å². The Morgan fingerprint density at radius 2 is 0.629 bits per heavy atom. The molecule has 4 aromatic rings. The molecule has 5 amide bonds. The summed E-state index contributed by atoms with van der Waals surface area (Å²) in [7, 11) is 0. The summed E-state index contributed by atoms with van der Waals surface area (Å²) in [6.07, 6.45) is 3.05. The van der Waals surface area contributed by atoms with Gasteiger partial charge in [-0.05, 0) is 123 Å². The van der Waals surface area contributed by atoms with E-state index in [1.807, 2.05) is 144 Å². The van der Waals surface area contributed by atoms with Crippen LogP contribution >= 0.6 is 34.8 Å². The molecule has 20 nitrogen and oxygen atoms in total. The van der Waals surface area contributed by atoms with Crippen molar-refractivity contribution in [3.8, 4) is 0 Å². The molecule has 4 rings (SSSR count). The van der Waals surface area contributed by atoms with Gasteiger partial charge in [-0.15, -0.1) is 0 Å². The number of nitrogens with one attached hydrogen (secondary N) is 5. The number of aryl methyl sites for hydroxylation is 1. The third-order valence-electron chi connectivity index (χ3n) is 13.0. The minimum absolute atomic E-state index is 0.0895. The van der Waals surface area contributed by atoms with E-state index in [0.717, 1.165) is 28.7 Å². The molecule has 0 bridgehead atoms. The van der Waals surface area contributed by atoms with Crippen molar-refractivity contribution < 1.29 is 71.6 Å². The van der Waals surface area contributed by atoms with Gasteiger partial charge in [0, 0.05) is 17.9 Å². The fourth-order valence-corrected chi connectivity index (χ4v) is 7.87. The Balaban J connectivity index is 0.00000119. The normalized spacial score (nSPS) is 12.4. The molecule has 0 saturated carbocycles. The molecule has 97 heavy (non-hydrogen) atoms. The first kappa shape index (κ1) is 89.5. The maximum Gasteiger partial charge on any atom is 0.328 e. The monoisotopic (exact) mass is 1410 g/mol. The summed E-state index contributed by atoms with van der Waals surface area (Å²) in [6.45, 7) is 33.6. The first-order valence-corrected chi connectivity index (χ1v) is 34.2. The van der Waals surface area contributed by atoms with Gasteiger partial charge in [0.15, 0.2) is 0 Å². The molecule has 0 aliphatic carbocycles. The Labute approximate surface area is 591 Å². The Morgan fingerprint density at radius 3 is 0.948 bits per heavy atom. The largest absolute Gasteiger partial charge is 0.464 e. The lowest BCUT2D eigenvalue weighted by Crippen LogP contribution is -2.40. The van der Waals surface area contributed by atoms with E-state index >= 15 is 0 Å². The number of ether oxygens (including phenoxy) is 5. The fraction of sp³-hybridized carbons (Fsp3) is 0.541. The molecule has 540 valence electrons. The van der Waals surface area contributed by atoms with Crippen LogP contribution in [0, 0.1) is 35.5 Å². The minimum Gasteiger partial charge on any atom is -0.464 e. The van der Waals surface area contributed by atoms with Crippen LogP contribution in [0.3, 0.4) is 0 Å². The minimum atomic E-state index is -0.681. The molecule has 6 atom stereocenters. The Morgan fingerprint density at radius 1 is 0.340 bits per heavy atom. The zero-order chi connectivity index (χ0) is 73.7. The van der Waals surface area contributed by atoms with Crippen LogP contribution in [0.2, 0.25) is 15.1 Å². The third-order valence-corrected chi connectivity index (χ3v) is 14.0. The molecule has 23 heteroatoms. The zero-order valence-corrected chi connectivity index (χ0v) is 62.2. The zero-order valence-electron chi connectivity index (χ0n) is 59.9. The van der Waals surface area contributed by atoms with Crippen molar-refractivity contribution in [1.29, 1.82) is 0 Å². The highest BCUT2D eigenvalue weighted by atomic mass is 35.5. The van der Waals surface area contributed by atoms with E-state index in [9.17, 15) is 47.9 Å². The van der Waals surface area contributed by atoms with Gasteiger partial charge in [0.1, 0.15) is 30.2 Å². The molecule has 0 spiro atoms. The summed E-state index contributed by atoms with van der Waals surface area (Å²) >= 11 is 17.5. The van der Waals surface area contributed by atoms with Crippen molar-refractivity contribution in [2.45, 2.75) is 193 Å². The second kappa shape index (κ2) is 50.7. The molecular formula is C74H108Cl3N5O15. The van der Waals surface area contributed by atoms with Gasteiger partial charge in [0.25, 0.3) is 0 Å². The van der Waals surface area contributed by atoms with Gasteiger partial charge in [-0.1, -0.05) is 203 Å². The van der Waals surface area contributed by atoms with E-state index in [-0.39, 0.29) is 78.5 Å². The number of rotatable bonds is 32. The van der Waals surface area contributed by atoms with E-state index in [4.69, 9.17) is 58.5 Å². The maximum atomic E-state index is 11.9. The molecule has 5 N–H and O–H groups in total. The van der Waals surface area contributed by atoms with Gasteiger partial charge >= 0.3 is 29.8 Å². The number of hydrogen-bond acceptors (Lipinski definition) is 15. The van der Waals surface area contributed by atoms with Crippen LogP contribution in [0.5, 0.6) is 0 Å². The van der Waals surface area contributed by atoms with E-state index in [1.54, 1.807) is 77.1 Å². The van der Waals surface area contributed by atoms with Crippen LogP contribution in [0.15, 0.2) is 103 Å². The standard InChI is InChI=1S/C16H23NO3.C15H19Cl2NO3.C15H20ClNO3.C15H21NO3.C13H25NO3/c1-12(2)11-20-16(19)13(3)17-15(18)10-9-14-7-5-4-6-8-14;1-9(2)8-21-15(20)10(3)18-14(19)7-11-4-5-12(16)13(17)6-11;1-10(2)9-20-15(19)11(3)17-14(18)8-12-4-6-13(16)7-5-12;1-11(2)10-19-15(18)12(3)16-14(17)9-13-7-5-4-6-8-13;1-6-10(4)7-12(15)14-11(5)13(16)17-8-9(2)3/h4-8,12-13H,9-11H2,1-3H3,(H,17,18);4-6,9-10H,7-8H2,1-3H3,(H,18,19);4-7,10-11H,8-9H2,1-3H3,(H,17,18);4-8,11-12H,9-10H2,1-3H3,(H,16,17);9-11H,6-8H2,1-5H3,(H,14,15)/t13-;10-;11-;12-;10?,11-/m00000/s1. The number of carbonyl (C=O) groups is 10. The number of carbonyl (C=O) groups excluding carboxylic acids is 10. The summed E-state index contributed by atoms with van der Waals surface area (Å²) < 4.78 is 25.3. The lowest BCUT2D eigenvalue weighted by Gasteiger charge is -2.15. The lowest BCUT2D eigenvalue weighted by molar-refractivity contribution is -0.148. The van der Waals surface area contributed by atoms with Crippen molar-refractivity contribution in [3.63, 3.8) is 0 Å². The van der Waals surface area contributed by atoms with Crippen molar-refractivity contribution in [3.05, 3.63) is 140 Å². The lowest BCUT2D eigenvalue weighted by atomic mass is 10.0. The molecule has 0 radical (unpaired) electrons. The highest BCUT2D eigenvalue weighted by molar-refractivity contribution is 6.42. The molecule has 0 saturated heterocycles. The predicted molar refractivity (Wildman–Crippen MR) is 381 cm³/mol. The van der Waals surface area contributed by atoms with E-state index in [2.05, 4.69) is 26.6 Å². The van der Waals surface area contributed by atoms with Gasteiger partial charge in [-0.25, -0.2) is 24.0 Å². The number of esters is 5. The molecule has 0 heterocycles. The molecular weight excluding hydrogens is 1310 g/mol. The van der Waals surface area contributed by atoms with Crippen molar-refractivity contribution in [2.24, 2.45) is 35.5 Å². The van der Waals surface area contributed by atoms with Gasteiger partial charge in [-0.2, -0.15) is 0 Å². The first-order chi connectivity index (χ1) is 45.5. The van der Waals surface area contributed by atoms with Gasteiger partial charge in [-0.3, -0.25) is 24.0 Å². The van der Waals surface area contributed by atoms with Gasteiger partial charge in [0.05, 0.1) is 62.3 Å². The fourth-order valence-electron chi connectivity index (χ4n) is 7.42. The summed E-state index contributed by atoms with van der Waals surface area (Å²) in [5.41, 5.74) is 3.60. The summed E-state index contributed by atoms with van der Waals surface area (Å²) in [4.78, 5) is 117. The smallest absolute Gasteiger partial charge is 0.328 e. The SMILES string of the molecule is CC(C)COC(=O)[C@H](C)NC(=O)CCc1ccccc1.CC(C)COC(=O)[C@H](C)NC(=O)Cc1ccc(Cl)c(Cl)c1.CC(C)COC(=O)[C@H](C)NC(=O)Cc1ccc(Cl)cc1.CC(C)COC(=O)[C@H](C)NC(=O)Cc1ccccc1.CCC(C)CC(=O)N[C@@H](C)C(=O)OCC(C)C. The molecule has 4 aromatic carbocycles. The van der Waals surface area contributed by atoms with Gasteiger partial charge < -0.3 is 50.3 Å². The average Bonchev–Trinajstić information content (AvgIpc) is 1.00. The van der Waals surface area contributed by atoms with Crippen LogP contribution in [0.4, 0.5) is 0 Å². The van der Waals surface area contributed by atoms with Crippen LogP contribution in [-0.4, -0.2) is 123 Å². The predicted octanol–water partition coefficient (Wildman–Crippen LogP) is 12.2. The highest BCUT2D eigenvalue weighted by Crippen LogP contribution is 2.23. The van der Waals surface area contributed by atoms with E-state index in [0.29, 0.717) is 85.1 Å². The highest BCUT2D eigenvalue weighted by Gasteiger charge is 2.22. The second-order valence-corrected chi connectivity index (χ2v) is 26.9. The number of amides is 5. The van der Waals surface area contributed by atoms with E-state index < -0.39 is 48.1 Å². The summed E-state index contributed by atoms with van der Waals surface area (Å²) in [5, 5.41) is 14.6. The number of halogens is 3. The quantitative estimate of drug-likeness (QED) is 0.0225. The van der Waals surface area contributed by atoms with Crippen LogP contribution in [0.25, 0.3) is 0 Å². The average molecular weight is 1410 g/mol. The molecule has 1 unspecified atom stereocenters. The Hall–Kier alpha value is -7.55. The van der Waals surface area contributed by atoms with Crippen LogP contribution < -0.4 is 26.6 Å². The molecule has 0 aromatic heterocycles. The first-order valence-electron chi connectivity index (χ1n) is 33.1. The second-order valence-electron chi connectivity index (χ2n) is 25.7. The number of benzene rings is 4. The topological polar surface area (TPSA) is 277 Å².